The fourth-order valence-electron chi connectivity index (χ4n) is 6.10. The summed E-state index contributed by atoms with van der Waals surface area (Å²) in [5.41, 5.74) is 13.4. The minimum atomic E-state index is -5.08. The molecule has 4 heterocycles. The number of rotatable bonds is 10. The Morgan fingerprint density at radius 1 is 0.833 bits per heavy atom. The number of hydrogen-bond acceptors (Lipinski definition) is 10. The molecule has 24 heteroatoms. The number of carboxylic acids is 3. The third kappa shape index (κ3) is 17.0. The van der Waals surface area contributed by atoms with Crippen molar-refractivity contribution in [3.05, 3.63) is 18.2 Å². The summed E-state index contributed by atoms with van der Waals surface area (Å²) >= 11 is 0. The first-order chi connectivity index (χ1) is 24.7. The molecule has 2 unspecified atom stereocenters. The lowest BCUT2D eigenvalue weighted by Gasteiger charge is -2.50. The number of carbonyl (C=O) groups is 5. The fourth-order valence-corrected chi connectivity index (χ4v) is 6.10. The standard InChI is InChI=1S/C24H40N6O3.3C2HF3O2/c25-18(10-15-4-2-1-3-5-15)20(31)12-21(32)29-22-16-6-8-30(9-7-16)23(22)24(33)19(26)11-17-13-27-14-28-17;3*3-2(4,5)1(6)7/h13-16,18-20,22-23,31H,1-12,25-26H2,(H,27,28)(H,29,32);3*(H,6,7)/t18-,19-,20?,22-,23?;;;/m0.../s1. The molecular weight excluding hydrogens is 759 g/mol. The Balaban J connectivity index is 0.000000566. The molecule has 1 aromatic rings. The Bertz CT molecular complexity index is 1290. The average Bonchev–Trinajstić information content (AvgIpc) is 3.58. The smallest absolute Gasteiger partial charge is 0.475 e. The number of amides is 1. The highest BCUT2D eigenvalue weighted by molar-refractivity contribution is 5.91. The van der Waals surface area contributed by atoms with Crippen LogP contribution in [-0.4, -0.2) is 127 Å². The number of nitrogens with zero attached hydrogens (tertiary/aromatic N) is 2. The molecule has 15 nitrogen and oxygen atoms in total. The van der Waals surface area contributed by atoms with Crippen molar-refractivity contribution in [3.8, 4) is 0 Å². The molecule has 4 aliphatic rings. The zero-order chi connectivity index (χ0) is 41.6. The van der Waals surface area contributed by atoms with Crippen molar-refractivity contribution in [2.45, 2.75) is 113 Å². The van der Waals surface area contributed by atoms with Crippen LogP contribution in [0.2, 0.25) is 0 Å². The summed E-state index contributed by atoms with van der Waals surface area (Å²) in [7, 11) is 0. The van der Waals surface area contributed by atoms with E-state index < -0.39 is 60.7 Å². The predicted molar refractivity (Wildman–Crippen MR) is 166 cm³/mol. The molecular formula is C30H43F9N6O9. The SMILES string of the molecule is N[C@@H](Cc1cnc[nH]1)C(=O)C1[C@@H](NC(=O)CC(O)[C@@H](N)CC2CCCCC2)C2CCN1CC2.O=C(O)C(F)(F)F.O=C(O)C(F)(F)F.O=C(O)C(F)(F)F. The summed E-state index contributed by atoms with van der Waals surface area (Å²) < 4.78 is 95.2. The van der Waals surface area contributed by atoms with Crippen LogP contribution in [0.15, 0.2) is 12.5 Å². The van der Waals surface area contributed by atoms with Gasteiger partial charge < -0.3 is 42.2 Å². The number of nitrogens with two attached hydrogens (primary N) is 2. The topological polar surface area (TPSA) is 262 Å². The molecule has 1 aromatic heterocycles. The van der Waals surface area contributed by atoms with Gasteiger partial charge in [-0.05, 0) is 44.2 Å². The predicted octanol–water partition coefficient (Wildman–Crippen LogP) is 2.38. The van der Waals surface area contributed by atoms with Crippen LogP contribution >= 0.6 is 0 Å². The number of aliphatic carboxylic acids is 3. The van der Waals surface area contributed by atoms with Crippen LogP contribution in [-0.2, 0) is 30.4 Å². The lowest BCUT2D eigenvalue weighted by molar-refractivity contribution is -0.193. The maximum atomic E-state index is 13.3. The first kappa shape index (κ1) is 48.0. The van der Waals surface area contributed by atoms with Gasteiger partial charge in [0.15, 0.2) is 5.78 Å². The zero-order valence-corrected chi connectivity index (χ0v) is 28.5. The molecule has 5 rings (SSSR count). The number of fused-ring (bicyclic) bond motifs is 3. The number of ketones is 1. The van der Waals surface area contributed by atoms with Crippen LogP contribution in [0.3, 0.4) is 0 Å². The van der Waals surface area contributed by atoms with E-state index in [2.05, 4.69) is 20.2 Å². The molecule has 54 heavy (non-hydrogen) atoms. The third-order valence-electron chi connectivity index (χ3n) is 8.74. The molecule has 2 bridgehead atoms. The number of Topliss-reactive ketones (excluding diaryl/α,β-unsaturated/α-hetero) is 1. The number of piperidine rings is 3. The van der Waals surface area contributed by atoms with Crippen molar-refractivity contribution in [2.24, 2.45) is 23.3 Å². The van der Waals surface area contributed by atoms with Crippen LogP contribution in [0.4, 0.5) is 39.5 Å². The van der Waals surface area contributed by atoms with Gasteiger partial charge in [-0.3, -0.25) is 14.5 Å². The van der Waals surface area contributed by atoms with Crippen molar-refractivity contribution >= 4 is 29.6 Å². The molecule has 4 fully saturated rings. The summed E-state index contributed by atoms with van der Waals surface area (Å²) in [5.74, 6) is -7.76. The minimum absolute atomic E-state index is 0.0295. The second kappa shape index (κ2) is 21.2. The van der Waals surface area contributed by atoms with E-state index in [4.69, 9.17) is 41.2 Å². The second-order valence-electron chi connectivity index (χ2n) is 12.8. The quantitative estimate of drug-likeness (QED) is 0.158. The molecule has 310 valence electrons. The molecule has 5 atom stereocenters. The Labute approximate surface area is 301 Å². The Kier molecular flexibility index (Phi) is 18.8. The Hall–Kier alpha value is -4.03. The lowest BCUT2D eigenvalue weighted by Crippen LogP contribution is -2.68. The highest BCUT2D eigenvalue weighted by atomic mass is 19.4. The molecule has 3 aliphatic heterocycles. The number of alkyl halides is 9. The maximum absolute atomic E-state index is 13.3. The number of aliphatic hydroxyl groups is 1. The van der Waals surface area contributed by atoms with Crippen molar-refractivity contribution < 1.29 is 83.9 Å². The van der Waals surface area contributed by atoms with E-state index in [0.29, 0.717) is 12.3 Å². The number of aromatic nitrogens is 2. The van der Waals surface area contributed by atoms with E-state index in [1.54, 1.807) is 12.5 Å². The summed E-state index contributed by atoms with van der Waals surface area (Å²) in [4.78, 5) is 62.1. The van der Waals surface area contributed by atoms with Gasteiger partial charge in [-0.1, -0.05) is 32.1 Å². The Morgan fingerprint density at radius 2 is 1.30 bits per heavy atom. The van der Waals surface area contributed by atoms with Crippen molar-refractivity contribution in [2.75, 3.05) is 13.1 Å². The normalized spacial score (nSPS) is 23.0. The molecule has 10 N–H and O–H groups in total. The van der Waals surface area contributed by atoms with Crippen LogP contribution in [0.25, 0.3) is 0 Å². The summed E-state index contributed by atoms with van der Waals surface area (Å²) in [6.45, 7) is 1.69. The number of hydrogen-bond donors (Lipinski definition) is 8. The highest BCUT2D eigenvalue weighted by Gasteiger charge is 2.47. The number of imidazole rings is 1. The summed E-state index contributed by atoms with van der Waals surface area (Å²) in [6.07, 6.45) is -3.78. The van der Waals surface area contributed by atoms with Crippen molar-refractivity contribution in [1.82, 2.24) is 20.2 Å². The number of aromatic amines is 1. The van der Waals surface area contributed by atoms with Gasteiger partial charge in [-0.25, -0.2) is 19.4 Å². The molecule has 0 spiro atoms. The molecule has 0 aromatic carbocycles. The minimum Gasteiger partial charge on any atom is -0.475 e. The van der Waals surface area contributed by atoms with Crippen molar-refractivity contribution in [1.29, 1.82) is 0 Å². The maximum Gasteiger partial charge on any atom is 0.490 e. The Morgan fingerprint density at radius 3 is 1.70 bits per heavy atom. The van der Waals surface area contributed by atoms with E-state index in [9.17, 15) is 54.2 Å². The lowest BCUT2D eigenvalue weighted by atomic mass is 9.75. The van der Waals surface area contributed by atoms with Crippen LogP contribution in [0.1, 0.15) is 63.5 Å². The van der Waals surface area contributed by atoms with E-state index >= 15 is 0 Å². The van der Waals surface area contributed by atoms with Gasteiger partial charge in [0.25, 0.3) is 0 Å². The van der Waals surface area contributed by atoms with Gasteiger partial charge in [0.05, 0.1) is 37.0 Å². The van der Waals surface area contributed by atoms with Gasteiger partial charge in [0.1, 0.15) is 0 Å². The van der Waals surface area contributed by atoms with E-state index in [1.165, 1.54) is 19.3 Å². The first-order valence-corrected chi connectivity index (χ1v) is 16.4. The number of nitrogens with one attached hydrogen (secondary N) is 2. The molecule has 3 saturated heterocycles. The molecule has 0 radical (unpaired) electrons. The molecule has 1 aliphatic carbocycles. The monoisotopic (exact) mass is 802 g/mol. The highest BCUT2D eigenvalue weighted by Crippen LogP contribution is 2.34. The second-order valence-corrected chi connectivity index (χ2v) is 12.8. The number of aliphatic hydroxyl groups excluding tert-OH is 1. The molecule has 1 saturated carbocycles. The summed E-state index contributed by atoms with van der Waals surface area (Å²) in [6, 6.07) is -1.76. The van der Waals surface area contributed by atoms with Crippen molar-refractivity contribution in [3.63, 3.8) is 0 Å². The van der Waals surface area contributed by atoms with Gasteiger partial charge in [-0.2, -0.15) is 39.5 Å². The number of halogens is 9. The van der Waals surface area contributed by atoms with Gasteiger partial charge in [-0.15, -0.1) is 0 Å². The number of H-pyrrole nitrogens is 1. The van der Waals surface area contributed by atoms with Gasteiger partial charge in [0.2, 0.25) is 5.91 Å². The average molecular weight is 803 g/mol. The van der Waals surface area contributed by atoms with Gasteiger partial charge in [0, 0.05) is 24.4 Å². The van der Waals surface area contributed by atoms with E-state index in [1.807, 2.05) is 0 Å². The first-order valence-electron chi connectivity index (χ1n) is 16.4. The number of carboxylic acid groups (broad SMARTS) is 3. The molecule has 1 amide bonds. The van der Waals surface area contributed by atoms with Gasteiger partial charge >= 0.3 is 36.4 Å². The third-order valence-corrected chi connectivity index (χ3v) is 8.74. The number of carbonyl (C=O) groups excluding carboxylic acids is 2. The van der Waals surface area contributed by atoms with Crippen LogP contribution in [0.5, 0.6) is 0 Å². The van der Waals surface area contributed by atoms with Crippen LogP contribution < -0.4 is 16.8 Å². The van der Waals surface area contributed by atoms with Crippen LogP contribution in [0, 0.1) is 11.8 Å². The van der Waals surface area contributed by atoms with E-state index in [-0.39, 0.29) is 30.1 Å². The fraction of sp³-hybridized carbons (Fsp3) is 0.733. The summed E-state index contributed by atoms with van der Waals surface area (Å²) in [5, 5.41) is 35.1. The zero-order valence-electron chi connectivity index (χ0n) is 28.5. The largest absolute Gasteiger partial charge is 0.490 e. The van der Waals surface area contributed by atoms with E-state index in [0.717, 1.165) is 50.9 Å².